The first kappa shape index (κ1) is 19.8. The van der Waals surface area contributed by atoms with Crippen LogP contribution in [0.4, 0.5) is 5.69 Å². The molecule has 3 rings (SSSR count). The maximum absolute atomic E-state index is 12.2. The van der Waals surface area contributed by atoms with Gasteiger partial charge in [-0.25, -0.2) is 0 Å². The fourth-order valence-corrected chi connectivity index (χ4v) is 3.18. The topological polar surface area (TPSA) is 29.5 Å². The lowest BCUT2D eigenvalue weighted by Gasteiger charge is -2.22. The molecule has 0 heterocycles. The zero-order valence-electron chi connectivity index (χ0n) is 16.3. The first-order valence-corrected chi connectivity index (χ1v) is 9.54. The molecule has 0 fully saturated rings. The molecule has 3 heteroatoms. The van der Waals surface area contributed by atoms with Gasteiger partial charge in [-0.3, -0.25) is 4.79 Å². The Morgan fingerprint density at radius 1 is 0.929 bits per heavy atom. The Kier molecular flexibility index (Phi) is 6.99. The van der Waals surface area contributed by atoms with Crippen LogP contribution in [0.1, 0.15) is 36.1 Å². The Hall–Kier alpha value is -2.91. The molecule has 143 valence electrons. The number of hydrogen-bond acceptors (Lipinski definition) is 2. The van der Waals surface area contributed by atoms with Gasteiger partial charge < -0.3 is 9.64 Å². The van der Waals surface area contributed by atoms with Gasteiger partial charge in [-0.1, -0.05) is 79.7 Å². The third-order valence-corrected chi connectivity index (χ3v) is 4.67. The second-order valence-electron chi connectivity index (χ2n) is 6.76. The highest BCUT2D eigenvalue weighted by Crippen LogP contribution is 2.24. The molecule has 28 heavy (non-hydrogen) atoms. The zero-order valence-corrected chi connectivity index (χ0v) is 16.3. The van der Waals surface area contributed by atoms with Crippen LogP contribution >= 0.6 is 0 Å². The van der Waals surface area contributed by atoms with E-state index in [1.54, 1.807) is 11.8 Å². The van der Waals surface area contributed by atoms with Gasteiger partial charge in [0.1, 0.15) is 0 Å². The molecule has 1 atom stereocenters. The van der Waals surface area contributed by atoms with E-state index in [1.165, 1.54) is 0 Å². The fourth-order valence-electron chi connectivity index (χ4n) is 3.18. The van der Waals surface area contributed by atoms with E-state index in [0.717, 1.165) is 22.4 Å². The lowest BCUT2D eigenvalue weighted by molar-refractivity contribution is -0.116. The highest BCUT2D eigenvalue weighted by atomic mass is 16.5. The summed E-state index contributed by atoms with van der Waals surface area (Å²) in [5, 5.41) is 0. The first-order valence-electron chi connectivity index (χ1n) is 9.54. The van der Waals surface area contributed by atoms with Gasteiger partial charge in [0, 0.05) is 12.6 Å². The standard InChI is InChI=1S/C25H26NO2/c1-3-25(23-14-8-5-9-15-23)28-19-22-13-10-16-24(17-22)26(20(2)27)18-21-11-6-4-7-12-21/h4-17,25H,1,3,18-19H2,2H3. The quantitative estimate of drug-likeness (QED) is 0.506. The lowest BCUT2D eigenvalue weighted by Crippen LogP contribution is -2.27. The van der Waals surface area contributed by atoms with Crippen LogP contribution in [0.3, 0.4) is 0 Å². The molecule has 0 saturated carbocycles. The molecular weight excluding hydrogens is 346 g/mol. The molecule has 0 spiro atoms. The summed E-state index contributed by atoms with van der Waals surface area (Å²) in [6.45, 7) is 6.63. The van der Waals surface area contributed by atoms with Crippen LogP contribution in [0.25, 0.3) is 0 Å². The second kappa shape index (κ2) is 9.86. The van der Waals surface area contributed by atoms with Gasteiger partial charge in [0.15, 0.2) is 0 Å². The van der Waals surface area contributed by atoms with Crippen molar-refractivity contribution in [2.45, 2.75) is 32.6 Å². The number of hydrogen-bond donors (Lipinski definition) is 0. The lowest BCUT2D eigenvalue weighted by atomic mass is 10.1. The molecule has 0 bridgehead atoms. The number of carbonyl (C=O) groups is 1. The number of ether oxygens (including phenoxy) is 1. The van der Waals surface area contributed by atoms with Crippen molar-refractivity contribution in [3.8, 4) is 0 Å². The highest BCUT2D eigenvalue weighted by Gasteiger charge is 2.14. The van der Waals surface area contributed by atoms with Gasteiger partial charge in [0.2, 0.25) is 5.91 Å². The van der Waals surface area contributed by atoms with E-state index in [9.17, 15) is 4.79 Å². The van der Waals surface area contributed by atoms with Gasteiger partial charge in [0.25, 0.3) is 0 Å². The van der Waals surface area contributed by atoms with E-state index in [4.69, 9.17) is 4.74 Å². The van der Waals surface area contributed by atoms with Crippen LogP contribution in [0.15, 0.2) is 84.9 Å². The normalized spacial score (nSPS) is 11.8. The maximum Gasteiger partial charge on any atom is 0.224 e. The van der Waals surface area contributed by atoms with Crippen LogP contribution in [-0.4, -0.2) is 5.91 Å². The number of rotatable bonds is 8. The van der Waals surface area contributed by atoms with Crippen LogP contribution in [0.5, 0.6) is 0 Å². The number of amides is 1. The van der Waals surface area contributed by atoms with E-state index in [0.29, 0.717) is 19.6 Å². The van der Waals surface area contributed by atoms with E-state index < -0.39 is 0 Å². The fraction of sp³-hybridized carbons (Fsp3) is 0.200. The van der Waals surface area contributed by atoms with Gasteiger partial charge in [-0.2, -0.15) is 0 Å². The molecule has 3 aromatic rings. The Morgan fingerprint density at radius 2 is 1.57 bits per heavy atom. The van der Waals surface area contributed by atoms with Crippen molar-refractivity contribution in [1.82, 2.24) is 0 Å². The first-order chi connectivity index (χ1) is 13.7. The smallest absolute Gasteiger partial charge is 0.224 e. The van der Waals surface area contributed by atoms with Crippen LogP contribution in [-0.2, 0) is 22.7 Å². The van der Waals surface area contributed by atoms with E-state index in [-0.39, 0.29) is 12.0 Å². The molecule has 1 amide bonds. The summed E-state index contributed by atoms with van der Waals surface area (Å²) in [6.07, 6.45) is 0.621. The molecule has 0 aliphatic heterocycles. The van der Waals surface area contributed by atoms with Crippen LogP contribution in [0, 0.1) is 6.92 Å². The number of anilines is 1. The third kappa shape index (κ3) is 5.30. The van der Waals surface area contributed by atoms with Crippen molar-refractivity contribution >= 4 is 11.6 Å². The van der Waals surface area contributed by atoms with Crippen molar-refractivity contribution < 1.29 is 9.53 Å². The summed E-state index contributed by atoms with van der Waals surface area (Å²) < 4.78 is 6.11. The van der Waals surface area contributed by atoms with E-state index >= 15 is 0 Å². The monoisotopic (exact) mass is 372 g/mol. The number of benzene rings is 3. The molecule has 0 aliphatic rings. The van der Waals surface area contributed by atoms with Gasteiger partial charge in [-0.05, 0) is 35.2 Å². The molecule has 0 N–H and O–H groups in total. The Labute approximate surface area is 167 Å². The summed E-state index contributed by atoms with van der Waals surface area (Å²) in [6, 6.07) is 28.1. The molecule has 0 aliphatic carbocycles. The summed E-state index contributed by atoms with van der Waals surface area (Å²) in [5.74, 6) is 0.0156. The predicted molar refractivity (Wildman–Crippen MR) is 114 cm³/mol. The molecule has 1 radical (unpaired) electrons. The Balaban J connectivity index is 1.72. The Bertz CT molecular complexity index is 877. The van der Waals surface area contributed by atoms with Gasteiger partial charge >= 0.3 is 0 Å². The summed E-state index contributed by atoms with van der Waals surface area (Å²) in [4.78, 5) is 14.0. The van der Waals surface area contributed by atoms with Crippen molar-refractivity contribution in [3.63, 3.8) is 0 Å². The number of nitrogens with zero attached hydrogens (tertiary/aromatic N) is 1. The predicted octanol–water partition coefficient (Wildman–Crippen LogP) is 5.72. The van der Waals surface area contributed by atoms with Gasteiger partial charge in [0.05, 0.1) is 19.3 Å². The van der Waals surface area contributed by atoms with Crippen molar-refractivity contribution in [2.24, 2.45) is 0 Å². The van der Waals surface area contributed by atoms with E-state index in [1.807, 2.05) is 72.8 Å². The third-order valence-electron chi connectivity index (χ3n) is 4.67. The van der Waals surface area contributed by atoms with E-state index in [2.05, 4.69) is 19.1 Å². The average Bonchev–Trinajstić information content (AvgIpc) is 2.74. The van der Waals surface area contributed by atoms with Crippen molar-refractivity contribution in [2.75, 3.05) is 4.90 Å². The largest absolute Gasteiger partial charge is 0.369 e. The molecule has 1 unspecified atom stereocenters. The minimum Gasteiger partial charge on any atom is -0.369 e. The number of carbonyl (C=O) groups excluding carboxylic acids is 1. The second-order valence-corrected chi connectivity index (χ2v) is 6.76. The van der Waals surface area contributed by atoms with Gasteiger partial charge in [-0.15, -0.1) is 0 Å². The maximum atomic E-state index is 12.2. The zero-order chi connectivity index (χ0) is 19.8. The molecular formula is C25H26NO2. The van der Waals surface area contributed by atoms with Crippen LogP contribution < -0.4 is 4.90 Å². The molecule has 3 nitrogen and oxygen atoms in total. The summed E-state index contributed by atoms with van der Waals surface area (Å²) >= 11 is 0. The van der Waals surface area contributed by atoms with Crippen LogP contribution in [0.2, 0.25) is 0 Å². The Morgan fingerprint density at radius 3 is 2.21 bits per heavy atom. The highest BCUT2D eigenvalue weighted by molar-refractivity contribution is 5.91. The average molecular weight is 372 g/mol. The summed E-state index contributed by atoms with van der Waals surface area (Å²) in [5.41, 5.74) is 4.14. The molecule has 0 saturated heterocycles. The SMILES string of the molecule is [CH2]CC(OCc1cccc(N(Cc2ccccc2)C(C)=O)c1)c1ccccc1. The molecule has 0 aromatic heterocycles. The minimum atomic E-state index is -0.0434. The minimum absolute atomic E-state index is 0.0156. The summed E-state index contributed by atoms with van der Waals surface area (Å²) in [7, 11) is 0. The van der Waals surface area contributed by atoms with Crippen molar-refractivity contribution in [1.29, 1.82) is 0 Å². The molecule has 3 aromatic carbocycles. The van der Waals surface area contributed by atoms with Crippen molar-refractivity contribution in [3.05, 3.63) is 109 Å².